The van der Waals surface area contributed by atoms with Gasteiger partial charge in [0.2, 0.25) is 5.91 Å². The molecule has 0 saturated carbocycles. The van der Waals surface area contributed by atoms with E-state index >= 15 is 0 Å². The fourth-order valence-corrected chi connectivity index (χ4v) is 5.30. The summed E-state index contributed by atoms with van der Waals surface area (Å²) in [6.45, 7) is 7.05. The Morgan fingerprint density at radius 1 is 0.841 bits per heavy atom. The van der Waals surface area contributed by atoms with Gasteiger partial charge in [0.25, 0.3) is 0 Å². The highest BCUT2D eigenvalue weighted by atomic mass is 16.5. The van der Waals surface area contributed by atoms with Crippen LogP contribution in [-0.2, 0) is 33.8 Å². The van der Waals surface area contributed by atoms with E-state index in [1.807, 2.05) is 62.4 Å². The fraction of sp³-hybridized carbons (Fsp3) is 0.447. The summed E-state index contributed by atoms with van der Waals surface area (Å²) in [6.07, 6.45) is 14.2. The molecule has 2 aromatic carbocycles. The van der Waals surface area contributed by atoms with Gasteiger partial charge >= 0.3 is 5.97 Å². The first-order chi connectivity index (χ1) is 21.4. The van der Waals surface area contributed by atoms with Crippen LogP contribution in [0, 0.1) is 5.41 Å². The molecule has 0 saturated heterocycles. The molecule has 0 aliphatic carbocycles. The number of aromatic nitrogens is 1. The van der Waals surface area contributed by atoms with Crippen molar-refractivity contribution in [2.45, 2.75) is 98.0 Å². The summed E-state index contributed by atoms with van der Waals surface area (Å²) < 4.78 is 5.91. The number of rotatable bonds is 20. The maximum atomic E-state index is 12.6. The molecule has 1 amide bonds. The third kappa shape index (κ3) is 11.7. The van der Waals surface area contributed by atoms with E-state index < -0.39 is 11.4 Å². The quantitative estimate of drug-likeness (QED) is 0.127. The Morgan fingerprint density at radius 3 is 2.18 bits per heavy atom. The first kappa shape index (κ1) is 34.7. The smallest absolute Gasteiger partial charge is 0.310 e. The SMILES string of the molecule is CCCCCCc1ccc(CCCCOCc2cccc(/C=C/c3cccc(NC(=O)CC(CC)(CC)C(=O)O)c3)n2)cc1. The Kier molecular flexibility index (Phi) is 14.8. The van der Waals surface area contributed by atoms with E-state index in [4.69, 9.17) is 9.72 Å². The average molecular weight is 599 g/mol. The molecule has 0 atom stereocenters. The van der Waals surface area contributed by atoms with Gasteiger partial charge in [-0.05, 0) is 92.0 Å². The summed E-state index contributed by atoms with van der Waals surface area (Å²) in [4.78, 5) is 29.1. The van der Waals surface area contributed by atoms with E-state index in [1.165, 1.54) is 43.2 Å². The number of hydrogen-bond donors (Lipinski definition) is 2. The molecule has 6 nitrogen and oxygen atoms in total. The molecule has 6 heteroatoms. The largest absolute Gasteiger partial charge is 0.481 e. The van der Waals surface area contributed by atoms with Crippen molar-refractivity contribution in [2.24, 2.45) is 5.41 Å². The van der Waals surface area contributed by atoms with E-state index in [1.54, 1.807) is 6.07 Å². The number of unbranched alkanes of at least 4 members (excludes halogenated alkanes) is 4. The van der Waals surface area contributed by atoms with Gasteiger partial charge in [0.15, 0.2) is 0 Å². The molecule has 236 valence electrons. The molecule has 1 heterocycles. The van der Waals surface area contributed by atoms with Crippen LogP contribution in [0.4, 0.5) is 5.69 Å². The standard InChI is InChI=1S/C38H50N2O4/c1-4-7-8-9-14-30-20-22-31(23-21-30)15-10-11-26-44-29-35-19-13-17-33(39-35)25-24-32-16-12-18-34(27-32)40-36(41)28-38(5-2,6-3)37(42)43/h12-13,16-25,27H,4-11,14-15,26,28-29H2,1-3H3,(H,40,41)(H,42,43)/b25-24+. The molecule has 1 aromatic heterocycles. The van der Waals surface area contributed by atoms with Crippen LogP contribution in [0.25, 0.3) is 12.2 Å². The highest BCUT2D eigenvalue weighted by molar-refractivity contribution is 5.94. The molecule has 0 aliphatic heterocycles. The molecular weight excluding hydrogens is 548 g/mol. The lowest BCUT2D eigenvalue weighted by Gasteiger charge is -2.25. The van der Waals surface area contributed by atoms with Crippen LogP contribution >= 0.6 is 0 Å². The number of nitrogens with zero attached hydrogens (tertiary/aromatic N) is 1. The van der Waals surface area contributed by atoms with Crippen LogP contribution in [0.3, 0.4) is 0 Å². The molecule has 0 bridgehead atoms. The zero-order valence-electron chi connectivity index (χ0n) is 26.8. The van der Waals surface area contributed by atoms with E-state index in [2.05, 4.69) is 36.5 Å². The Hall–Kier alpha value is -3.77. The summed E-state index contributed by atoms with van der Waals surface area (Å²) in [5, 5.41) is 12.5. The Bertz CT molecular complexity index is 1330. The molecule has 0 fully saturated rings. The monoisotopic (exact) mass is 598 g/mol. The summed E-state index contributed by atoms with van der Waals surface area (Å²) in [6, 6.07) is 22.5. The van der Waals surface area contributed by atoms with Crippen LogP contribution in [0.5, 0.6) is 0 Å². The highest BCUT2D eigenvalue weighted by Gasteiger charge is 2.37. The summed E-state index contributed by atoms with van der Waals surface area (Å²) in [7, 11) is 0. The maximum Gasteiger partial charge on any atom is 0.310 e. The first-order valence-corrected chi connectivity index (χ1v) is 16.3. The number of benzene rings is 2. The zero-order chi connectivity index (χ0) is 31.6. The molecule has 0 unspecified atom stereocenters. The van der Waals surface area contributed by atoms with Gasteiger partial charge in [-0.3, -0.25) is 14.6 Å². The number of carbonyl (C=O) groups excluding carboxylic acids is 1. The van der Waals surface area contributed by atoms with Crippen molar-refractivity contribution in [1.82, 2.24) is 4.98 Å². The second-order valence-corrected chi connectivity index (χ2v) is 11.7. The lowest BCUT2D eigenvalue weighted by atomic mass is 9.79. The summed E-state index contributed by atoms with van der Waals surface area (Å²) in [5.74, 6) is -1.23. The Labute approximate surface area is 264 Å². The Morgan fingerprint density at radius 2 is 1.52 bits per heavy atom. The van der Waals surface area contributed by atoms with Gasteiger partial charge in [0.05, 0.1) is 23.4 Å². The molecular formula is C38H50N2O4. The normalized spacial score (nSPS) is 11.6. The minimum absolute atomic E-state index is 0.0543. The molecule has 3 rings (SSSR count). The molecule has 3 aromatic rings. The van der Waals surface area contributed by atoms with Crippen molar-refractivity contribution >= 4 is 29.7 Å². The predicted octanol–water partition coefficient (Wildman–Crippen LogP) is 9.13. The molecule has 44 heavy (non-hydrogen) atoms. The van der Waals surface area contributed by atoms with E-state index in [9.17, 15) is 14.7 Å². The lowest BCUT2D eigenvalue weighted by molar-refractivity contribution is -0.151. The third-order valence-electron chi connectivity index (χ3n) is 8.35. The van der Waals surface area contributed by atoms with Crippen LogP contribution in [-0.4, -0.2) is 28.6 Å². The number of carbonyl (C=O) groups is 2. The van der Waals surface area contributed by atoms with Gasteiger partial charge in [-0.2, -0.15) is 0 Å². The predicted molar refractivity (Wildman–Crippen MR) is 180 cm³/mol. The second kappa shape index (κ2) is 18.8. The minimum atomic E-state index is -1.04. The number of aliphatic carboxylic acids is 1. The Balaban J connectivity index is 1.41. The molecule has 0 spiro atoms. The minimum Gasteiger partial charge on any atom is -0.481 e. The van der Waals surface area contributed by atoms with Crippen molar-refractivity contribution in [2.75, 3.05) is 11.9 Å². The van der Waals surface area contributed by atoms with Gasteiger partial charge in [0.1, 0.15) is 0 Å². The number of hydrogen-bond acceptors (Lipinski definition) is 4. The second-order valence-electron chi connectivity index (χ2n) is 11.7. The van der Waals surface area contributed by atoms with Crippen LogP contribution in [0.15, 0.2) is 66.7 Å². The zero-order valence-corrected chi connectivity index (χ0v) is 26.8. The maximum absolute atomic E-state index is 12.6. The number of carboxylic acid groups (broad SMARTS) is 1. The molecule has 2 N–H and O–H groups in total. The van der Waals surface area contributed by atoms with Crippen LogP contribution in [0.1, 0.15) is 107 Å². The van der Waals surface area contributed by atoms with Gasteiger partial charge in [-0.25, -0.2) is 0 Å². The van der Waals surface area contributed by atoms with Crippen molar-refractivity contribution in [3.05, 3.63) is 94.8 Å². The third-order valence-corrected chi connectivity index (χ3v) is 8.35. The van der Waals surface area contributed by atoms with Gasteiger partial charge < -0.3 is 15.2 Å². The number of pyridine rings is 1. The number of amides is 1. The van der Waals surface area contributed by atoms with Crippen LogP contribution < -0.4 is 5.32 Å². The van der Waals surface area contributed by atoms with Gasteiger partial charge in [-0.1, -0.05) is 88.6 Å². The van der Waals surface area contributed by atoms with Crippen molar-refractivity contribution in [1.29, 1.82) is 0 Å². The van der Waals surface area contributed by atoms with E-state index in [0.717, 1.165) is 36.2 Å². The van der Waals surface area contributed by atoms with Crippen molar-refractivity contribution < 1.29 is 19.4 Å². The summed E-state index contributed by atoms with van der Waals surface area (Å²) in [5.41, 5.74) is 5.05. The van der Waals surface area contributed by atoms with Crippen molar-refractivity contribution in [3.8, 4) is 0 Å². The van der Waals surface area contributed by atoms with Crippen molar-refractivity contribution in [3.63, 3.8) is 0 Å². The molecule has 0 radical (unpaired) electrons. The summed E-state index contributed by atoms with van der Waals surface area (Å²) >= 11 is 0. The van der Waals surface area contributed by atoms with E-state index in [0.29, 0.717) is 31.7 Å². The number of anilines is 1. The van der Waals surface area contributed by atoms with Gasteiger partial charge in [-0.15, -0.1) is 0 Å². The average Bonchev–Trinajstić information content (AvgIpc) is 3.03. The molecule has 0 aliphatic rings. The first-order valence-electron chi connectivity index (χ1n) is 16.3. The van der Waals surface area contributed by atoms with E-state index in [-0.39, 0.29) is 12.3 Å². The lowest BCUT2D eigenvalue weighted by Crippen LogP contribution is -2.34. The number of nitrogens with one attached hydrogen (secondary N) is 1. The number of ether oxygens (including phenoxy) is 1. The van der Waals surface area contributed by atoms with Gasteiger partial charge in [0, 0.05) is 18.7 Å². The fourth-order valence-electron chi connectivity index (χ4n) is 5.30. The van der Waals surface area contributed by atoms with Crippen LogP contribution in [0.2, 0.25) is 0 Å². The number of aryl methyl sites for hydroxylation is 2. The highest BCUT2D eigenvalue weighted by Crippen LogP contribution is 2.31. The topological polar surface area (TPSA) is 88.5 Å². The number of carboxylic acids is 1.